The molecule has 140 valence electrons. The standard InChI is InChI=1S/C21H24ClN5/c1-4-27(5-2)19-12-10-17(11-13-19)24-20-14-15(3)23-21(26-20)25-18-8-6-16(22)7-9-18/h6-14H,4-5H2,1-3H3,(H2,23,24,25,26). The van der Waals surface area contributed by atoms with E-state index in [-0.39, 0.29) is 0 Å². The van der Waals surface area contributed by atoms with Gasteiger partial charge in [0.25, 0.3) is 0 Å². The van der Waals surface area contributed by atoms with Crippen molar-refractivity contribution >= 4 is 40.4 Å². The van der Waals surface area contributed by atoms with E-state index in [0.717, 1.165) is 36.0 Å². The molecule has 6 heteroatoms. The van der Waals surface area contributed by atoms with E-state index in [1.807, 2.05) is 37.3 Å². The Hall–Kier alpha value is -2.79. The minimum Gasteiger partial charge on any atom is -0.372 e. The van der Waals surface area contributed by atoms with Gasteiger partial charge in [-0.2, -0.15) is 4.98 Å². The highest BCUT2D eigenvalue weighted by Crippen LogP contribution is 2.22. The Labute approximate surface area is 165 Å². The van der Waals surface area contributed by atoms with Crippen LogP contribution in [-0.4, -0.2) is 23.1 Å². The second kappa shape index (κ2) is 8.73. The number of halogens is 1. The summed E-state index contributed by atoms with van der Waals surface area (Å²) in [6, 6.07) is 17.7. The first-order chi connectivity index (χ1) is 13.1. The van der Waals surface area contributed by atoms with Crippen LogP contribution in [0.25, 0.3) is 0 Å². The van der Waals surface area contributed by atoms with Crippen molar-refractivity contribution in [1.29, 1.82) is 0 Å². The molecule has 0 aliphatic rings. The van der Waals surface area contributed by atoms with Crippen LogP contribution in [0.15, 0.2) is 54.6 Å². The fraction of sp³-hybridized carbons (Fsp3) is 0.238. The fourth-order valence-corrected chi connectivity index (χ4v) is 2.97. The number of nitrogens with one attached hydrogen (secondary N) is 2. The van der Waals surface area contributed by atoms with E-state index < -0.39 is 0 Å². The highest BCUT2D eigenvalue weighted by Gasteiger charge is 2.05. The smallest absolute Gasteiger partial charge is 0.229 e. The lowest BCUT2D eigenvalue weighted by molar-refractivity contribution is 0.866. The molecule has 0 fully saturated rings. The van der Waals surface area contributed by atoms with Gasteiger partial charge >= 0.3 is 0 Å². The van der Waals surface area contributed by atoms with Crippen LogP contribution >= 0.6 is 11.6 Å². The summed E-state index contributed by atoms with van der Waals surface area (Å²) in [7, 11) is 0. The average Bonchev–Trinajstić information content (AvgIpc) is 2.65. The average molecular weight is 382 g/mol. The minimum atomic E-state index is 0.541. The molecule has 3 rings (SSSR count). The molecule has 0 unspecified atom stereocenters. The first-order valence-electron chi connectivity index (χ1n) is 9.07. The number of benzene rings is 2. The van der Waals surface area contributed by atoms with Gasteiger partial charge in [0.2, 0.25) is 5.95 Å². The molecule has 0 atom stereocenters. The Morgan fingerprint density at radius 2 is 1.44 bits per heavy atom. The van der Waals surface area contributed by atoms with Gasteiger partial charge in [0.1, 0.15) is 5.82 Å². The van der Waals surface area contributed by atoms with Gasteiger partial charge in [-0.1, -0.05) is 11.6 Å². The van der Waals surface area contributed by atoms with Gasteiger partial charge in [-0.05, 0) is 69.3 Å². The van der Waals surface area contributed by atoms with Crippen LogP contribution < -0.4 is 15.5 Å². The van der Waals surface area contributed by atoms with Crippen LogP contribution in [0.1, 0.15) is 19.5 Å². The highest BCUT2D eigenvalue weighted by atomic mass is 35.5. The van der Waals surface area contributed by atoms with Crippen molar-refractivity contribution in [1.82, 2.24) is 9.97 Å². The molecule has 2 N–H and O–H groups in total. The zero-order valence-corrected chi connectivity index (χ0v) is 16.6. The number of aromatic nitrogens is 2. The predicted octanol–water partition coefficient (Wildman–Crippen LogP) is 5.77. The molecular weight excluding hydrogens is 358 g/mol. The van der Waals surface area contributed by atoms with Crippen LogP contribution in [-0.2, 0) is 0 Å². The van der Waals surface area contributed by atoms with Crippen molar-refractivity contribution in [2.45, 2.75) is 20.8 Å². The van der Waals surface area contributed by atoms with Crippen molar-refractivity contribution < 1.29 is 0 Å². The third kappa shape index (κ3) is 5.11. The largest absolute Gasteiger partial charge is 0.372 e. The van der Waals surface area contributed by atoms with E-state index in [4.69, 9.17) is 11.6 Å². The molecule has 0 saturated heterocycles. The quantitative estimate of drug-likeness (QED) is 0.544. The van der Waals surface area contributed by atoms with Crippen LogP contribution in [0.5, 0.6) is 0 Å². The summed E-state index contributed by atoms with van der Waals surface area (Å²) < 4.78 is 0. The predicted molar refractivity (Wildman–Crippen MR) is 115 cm³/mol. The fourth-order valence-electron chi connectivity index (χ4n) is 2.84. The topological polar surface area (TPSA) is 53.1 Å². The third-order valence-electron chi connectivity index (χ3n) is 4.22. The van der Waals surface area contributed by atoms with Gasteiger partial charge in [-0.3, -0.25) is 0 Å². The first kappa shape index (κ1) is 19.0. The summed E-state index contributed by atoms with van der Waals surface area (Å²) in [6.07, 6.45) is 0. The van der Waals surface area contributed by atoms with Gasteiger partial charge < -0.3 is 15.5 Å². The van der Waals surface area contributed by atoms with Crippen LogP contribution in [0.3, 0.4) is 0 Å². The zero-order chi connectivity index (χ0) is 19.2. The van der Waals surface area contributed by atoms with Gasteiger partial charge in [-0.15, -0.1) is 0 Å². The summed E-state index contributed by atoms with van der Waals surface area (Å²) >= 11 is 5.93. The first-order valence-corrected chi connectivity index (χ1v) is 9.45. The van der Waals surface area contributed by atoms with Gasteiger partial charge in [0.05, 0.1) is 0 Å². The molecule has 0 bridgehead atoms. The van der Waals surface area contributed by atoms with E-state index in [0.29, 0.717) is 11.0 Å². The Balaban J connectivity index is 1.75. The molecule has 0 amide bonds. The summed E-state index contributed by atoms with van der Waals surface area (Å²) in [6.45, 7) is 8.26. The van der Waals surface area contributed by atoms with Crippen molar-refractivity contribution in [3.05, 3.63) is 65.3 Å². The Morgan fingerprint density at radius 1 is 0.852 bits per heavy atom. The van der Waals surface area contributed by atoms with Crippen LogP contribution in [0.4, 0.5) is 28.8 Å². The van der Waals surface area contributed by atoms with E-state index in [9.17, 15) is 0 Å². The molecule has 0 spiro atoms. The second-order valence-electron chi connectivity index (χ2n) is 6.19. The van der Waals surface area contributed by atoms with Gasteiger partial charge in [0, 0.05) is 46.9 Å². The van der Waals surface area contributed by atoms with Crippen molar-refractivity contribution in [3.8, 4) is 0 Å². The Bertz CT molecular complexity index is 874. The number of hydrogen-bond donors (Lipinski definition) is 2. The van der Waals surface area contributed by atoms with E-state index in [2.05, 4.69) is 63.6 Å². The van der Waals surface area contributed by atoms with Crippen LogP contribution in [0.2, 0.25) is 5.02 Å². The highest BCUT2D eigenvalue weighted by molar-refractivity contribution is 6.30. The van der Waals surface area contributed by atoms with Crippen molar-refractivity contribution in [2.24, 2.45) is 0 Å². The number of aryl methyl sites for hydroxylation is 1. The molecule has 0 aliphatic heterocycles. The molecule has 3 aromatic rings. The van der Waals surface area contributed by atoms with Gasteiger partial charge in [0.15, 0.2) is 0 Å². The van der Waals surface area contributed by atoms with E-state index in [1.54, 1.807) is 0 Å². The van der Waals surface area contributed by atoms with E-state index >= 15 is 0 Å². The number of rotatable bonds is 7. The SMILES string of the molecule is CCN(CC)c1ccc(Nc2cc(C)nc(Nc3ccc(Cl)cc3)n2)cc1. The molecule has 1 aromatic heterocycles. The van der Waals surface area contributed by atoms with E-state index in [1.165, 1.54) is 5.69 Å². The van der Waals surface area contributed by atoms with Gasteiger partial charge in [-0.25, -0.2) is 4.98 Å². The van der Waals surface area contributed by atoms with Crippen molar-refractivity contribution in [2.75, 3.05) is 28.6 Å². The lowest BCUT2D eigenvalue weighted by Gasteiger charge is -2.21. The number of nitrogens with zero attached hydrogens (tertiary/aromatic N) is 3. The number of anilines is 5. The number of hydrogen-bond acceptors (Lipinski definition) is 5. The molecule has 5 nitrogen and oxygen atoms in total. The Kier molecular flexibility index (Phi) is 6.14. The summed E-state index contributed by atoms with van der Waals surface area (Å²) in [4.78, 5) is 11.3. The maximum absolute atomic E-state index is 5.93. The molecule has 0 radical (unpaired) electrons. The normalized spacial score (nSPS) is 10.5. The maximum Gasteiger partial charge on any atom is 0.229 e. The summed E-state index contributed by atoms with van der Waals surface area (Å²) in [5, 5.41) is 7.26. The summed E-state index contributed by atoms with van der Waals surface area (Å²) in [5.74, 6) is 1.29. The second-order valence-corrected chi connectivity index (χ2v) is 6.63. The zero-order valence-electron chi connectivity index (χ0n) is 15.8. The monoisotopic (exact) mass is 381 g/mol. The molecule has 0 saturated carbocycles. The molecule has 0 aliphatic carbocycles. The molecule has 1 heterocycles. The van der Waals surface area contributed by atoms with Crippen LogP contribution in [0, 0.1) is 6.92 Å². The lowest BCUT2D eigenvalue weighted by atomic mass is 10.2. The maximum atomic E-state index is 5.93. The summed E-state index contributed by atoms with van der Waals surface area (Å²) in [5.41, 5.74) is 3.97. The molecule has 27 heavy (non-hydrogen) atoms. The minimum absolute atomic E-state index is 0.541. The molecular formula is C21H24ClN5. The lowest BCUT2D eigenvalue weighted by Crippen LogP contribution is -2.21. The van der Waals surface area contributed by atoms with Crippen molar-refractivity contribution in [3.63, 3.8) is 0 Å². The third-order valence-corrected chi connectivity index (χ3v) is 4.47. The Morgan fingerprint density at radius 3 is 2.07 bits per heavy atom. The molecule has 2 aromatic carbocycles.